The molecule has 124 valence electrons. The molecule has 0 spiro atoms. The third-order valence-corrected chi connectivity index (χ3v) is 4.51. The van der Waals surface area contributed by atoms with Crippen LogP contribution in [0.1, 0.15) is 36.8 Å². The molecule has 0 unspecified atom stereocenters. The van der Waals surface area contributed by atoms with Crippen LogP contribution in [0.15, 0.2) is 0 Å². The fourth-order valence-electron chi connectivity index (χ4n) is 2.24. The number of nitrogens with one attached hydrogen (secondary N) is 2. The molecule has 0 fully saturated rings. The Morgan fingerprint density at radius 3 is 2.78 bits per heavy atom. The van der Waals surface area contributed by atoms with Gasteiger partial charge in [0.25, 0.3) is 0 Å². The van der Waals surface area contributed by atoms with Crippen molar-refractivity contribution in [2.75, 3.05) is 11.9 Å². The van der Waals surface area contributed by atoms with Gasteiger partial charge in [-0.15, -0.1) is 11.3 Å². The van der Waals surface area contributed by atoms with Crippen molar-refractivity contribution in [3.05, 3.63) is 16.0 Å². The van der Waals surface area contributed by atoms with Gasteiger partial charge in [0.15, 0.2) is 0 Å². The SMILES string of the molecule is C[C@@H](O)CNC(=O)C(=O)Nc1sc2c(c1C#N)CC(C)(C)OC2. The molecule has 3 N–H and O–H groups in total. The van der Waals surface area contributed by atoms with Crippen molar-refractivity contribution in [3.63, 3.8) is 0 Å². The molecule has 1 atom stereocenters. The van der Waals surface area contributed by atoms with Crippen LogP contribution in [0.25, 0.3) is 0 Å². The number of hydrogen-bond donors (Lipinski definition) is 3. The molecular weight excluding hydrogens is 318 g/mol. The molecule has 2 rings (SSSR count). The van der Waals surface area contributed by atoms with Crippen molar-refractivity contribution >= 4 is 28.2 Å². The minimum Gasteiger partial charge on any atom is -0.392 e. The molecule has 1 aliphatic heterocycles. The number of amides is 2. The molecule has 0 aromatic carbocycles. The Labute approximate surface area is 138 Å². The highest BCUT2D eigenvalue weighted by molar-refractivity contribution is 7.16. The number of carbonyl (C=O) groups is 2. The number of aliphatic hydroxyl groups is 1. The lowest BCUT2D eigenvalue weighted by Crippen LogP contribution is -2.38. The minimum atomic E-state index is -0.860. The Balaban J connectivity index is 2.15. The van der Waals surface area contributed by atoms with Gasteiger partial charge in [0.05, 0.1) is 23.9 Å². The lowest BCUT2D eigenvalue weighted by atomic mass is 9.93. The lowest BCUT2D eigenvalue weighted by Gasteiger charge is -2.29. The molecule has 0 radical (unpaired) electrons. The second-order valence-electron chi connectivity index (χ2n) is 6.06. The molecule has 1 aromatic heterocycles. The quantitative estimate of drug-likeness (QED) is 0.710. The molecule has 0 bridgehead atoms. The van der Waals surface area contributed by atoms with Gasteiger partial charge in [0.1, 0.15) is 11.1 Å². The maximum Gasteiger partial charge on any atom is 0.314 e. The molecule has 23 heavy (non-hydrogen) atoms. The van der Waals surface area contributed by atoms with E-state index in [9.17, 15) is 14.9 Å². The number of carbonyl (C=O) groups excluding carboxylic acids is 2. The minimum absolute atomic E-state index is 0.0136. The van der Waals surface area contributed by atoms with Crippen LogP contribution in [0.2, 0.25) is 0 Å². The fourth-order valence-corrected chi connectivity index (χ4v) is 3.32. The van der Waals surface area contributed by atoms with Crippen molar-refractivity contribution < 1.29 is 19.4 Å². The van der Waals surface area contributed by atoms with Crippen LogP contribution in [-0.2, 0) is 27.4 Å². The molecule has 0 saturated heterocycles. The normalized spacial score (nSPS) is 16.8. The molecule has 2 heterocycles. The molecule has 1 aromatic rings. The van der Waals surface area contributed by atoms with E-state index in [1.807, 2.05) is 13.8 Å². The zero-order valence-electron chi connectivity index (χ0n) is 13.2. The second-order valence-corrected chi connectivity index (χ2v) is 7.16. The van der Waals surface area contributed by atoms with E-state index in [-0.39, 0.29) is 12.1 Å². The van der Waals surface area contributed by atoms with Gasteiger partial charge >= 0.3 is 11.8 Å². The summed E-state index contributed by atoms with van der Waals surface area (Å²) in [5, 5.41) is 23.7. The van der Waals surface area contributed by atoms with Crippen molar-refractivity contribution in [2.24, 2.45) is 0 Å². The van der Waals surface area contributed by atoms with Crippen LogP contribution in [-0.4, -0.2) is 35.2 Å². The average molecular weight is 337 g/mol. The molecular formula is C15H19N3O4S. The van der Waals surface area contributed by atoms with Crippen molar-refractivity contribution in [2.45, 2.75) is 45.5 Å². The number of nitriles is 1. The van der Waals surface area contributed by atoms with Crippen molar-refractivity contribution in [3.8, 4) is 6.07 Å². The van der Waals surface area contributed by atoms with E-state index in [4.69, 9.17) is 9.84 Å². The zero-order chi connectivity index (χ0) is 17.2. The van der Waals surface area contributed by atoms with E-state index in [2.05, 4.69) is 16.7 Å². The largest absolute Gasteiger partial charge is 0.392 e. The van der Waals surface area contributed by atoms with E-state index in [1.165, 1.54) is 18.3 Å². The van der Waals surface area contributed by atoms with Crippen molar-refractivity contribution in [1.29, 1.82) is 5.26 Å². The summed E-state index contributed by atoms with van der Waals surface area (Å²) in [6, 6.07) is 2.10. The van der Waals surface area contributed by atoms with Crippen LogP contribution < -0.4 is 10.6 Å². The first kappa shape index (κ1) is 17.4. The summed E-state index contributed by atoms with van der Waals surface area (Å²) in [6.45, 7) is 5.75. The first-order chi connectivity index (χ1) is 10.7. The van der Waals surface area contributed by atoms with Crippen LogP contribution in [0.4, 0.5) is 5.00 Å². The molecule has 8 heteroatoms. The highest BCUT2D eigenvalue weighted by Crippen LogP contribution is 2.39. The number of thiophene rings is 1. The van der Waals surface area contributed by atoms with Gasteiger partial charge in [-0.1, -0.05) is 0 Å². The monoisotopic (exact) mass is 337 g/mol. The van der Waals surface area contributed by atoms with Crippen LogP contribution >= 0.6 is 11.3 Å². The van der Waals surface area contributed by atoms with Gasteiger partial charge in [-0.05, 0) is 26.3 Å². The van der Waals surface area contributed by atoms with E-state index in [0.29, 0.717) is 23.6 Å². The Morgan fingerprint density at radius 1 is 1.48 bits per heavy atom. The number of fused-ring (bicyclic) bond motifs is 1. The average Bonchev–Trinajstić information content (AvgIpc) is 2.79. The predicted molar refractivity (Wildman–Crippen MR) is 84.9 cm³/mol. The van der Waals surface area contributed by atoms with Gasteiger partial charge in [0.2, 0.25) is 0 Å². The first-order valence-electron chi connectivity index (χ1n) is 7.19. The Bertz CT molecular complexity index is 673. The fraction of sp³-hybridized carbons (Fsp3) is 0.533. The third kappa shape index (κ3) is 4.07. The first-order valence-corrected chi connectivity index (χ1v) is 8.01. The van der Waals surface area contributed by atoms with Gasteiger partial charge in [-0.3, -0.25) is 9.59 Å². The van der Waals surface area contributed by atoms with E-state index in [0.717, 1.165) is 10.4 Å². The Hall–Kier alpha value is -1.95. The van der Waals surface area contributed by atoms with E-state index < -0.39 is 17.9 Å². The third-order valence-electron chi connectivity index (χ3n) is 3.39. The van der Waals surface area contributed by atoms with Gasteiger partial charge in [0, 0.05) is 17.8 Å². The standard InChI is InChI=1S/C15H19N3O4S/c1-8(19)6-17-12(20)13(21)18-14-10(5-16)9-4-15(2,3)22-7-11(9)23-14/h8,19H,4,6-7H2,1-3H3,(H,17,20)(H,18,21)/t8-/m1/s1. The predicted octanol–water partition coefficient (Wildman–Crippen LogP) is 0.907. The topological polar surface area (TPSA) is 111 Å². The maximum atomic E-state index is 11.9. The maximum absolute atomic E-state index is 11.9. The molecule has 7 nitrogen and oxygen atoms in total. The number of anilines is 1. The molecule has 2 amide bonds. The zero-order valence-corrected chi connectivity index (χ0v) is 14.0. The van der Waals surface area contributed by atoms with Crippen LogP contribution in [0.5, 0.6) is 0 Å². The van der Waals surface area contributed by atoms with Crippen molar-refractivity contribution in [1.82, 2.24) is 5.32 Å². The lowest BCUT2D eigenvalue weighted by molar-refractivity contribution is -0.136. The summed E-state index contributed by atoms with van der Waals surface area (Å²) in [6.07, 6.45) is -0.166. The van der Waals surface area contributed by atoms with Gasteiger partial charge < -0.3 is 20.5 Å². The molecule has 0 saturated carbocycles. The highest BCUT2D eigenvalue weighted by Gasteiger charge is 2.32. The second kappa shape index (κ2) is 6.66. The summed E-state index contributed by atoms with van der Waals surface area (Å²) >= 11 is 1.25. The van der Waals surface area contributed by atoms with E-state index in [1.54, 1.807) is 0 Å². The Kier molecular flexibility index (Phi) is 5.04. The van der Waals surface area contributed by atoms with Gasteiger partial charge in [-0.2, -0.15) is 5.26 Å². The summed E-state index contributed by atoms with van der Waals surface area (Å²) in [7, 11) is 0. The number of aliphatic hydroxyl groups excluding tert-OH is 1. The number of hydrogen-bond acceptors (Lipinski definition) is 6. The number of ether oxygens (including phenoxy) is 1. The Morgan fingerprint density at radius 2 is 2.17 bits per heavy atom. The molecule has 1 aliphatic rings. The number of nitrogens with zero attached hydrogens (tertiary/aromatic N) is 1. The van der Waals surface area contributed by atoms with Crippen LogP contribution in [0.3, 0.4) is 0 Å². The van der Waals surface area contributed by atoms with Gasteiger partial charge in [-0.25, -0.2) is 0 Å². The smallest absolute Gasteiger partial charge is 0.314 e. The summed E-state index contributed by atoms with van der Waals surface area (Å²) in [5.41, 5.74) is 0.891. The summed E-state index contributed by atoms with van der Waals surface area (Å²) in [4.78, 5) is 24.4. The summed E-state index contributed by atoms with van der Waals surface area (Å²) in [5.74, 6) is -1.71. The van der Waals surface area contributed by atoms with Crippen LogP contribution in [0, 0.1) is 11.3 Å². The summed E-state index contributed by atoms with van der Waals surface area (Å²) < 4.78 is 5.70. The number of rotatable bonds is 3. The highest BCUT2D eigenvalue weighted by atomic mass is 32.1. The van der Waals surface area contributed by atoms with E-state index >= 15 is 0 Å². The molecule has 0 aliphatic carbocycles.